The van der Waals surface area contributed by atoms with E-state index in [0.29, 0.717) is 42.5 Å². The first kappa shape index (κ1) is 71.0. The van der Waals surface area contributed by atoms with Gasteiger partial charge in [-0.15, -0.1) is 44.5 Å². The van der Waals surface area contributed by atoms with E-state index < -0.39 is 200 Å². The smallest absolute Gasteiger partial charge is 0.397 e. The molecule has 0 saturated heterocycles. The van der Waals surface area contributed by atoms with Gasteiger partial charge in [0.25, 0.3) is 30.4 Å². The molecular weight excluding hydrogens is 1370 g/mol. The topological polar surface area (TPSA) is 614 Å². The molecule has 5 rings (SSSR count). The molecule has 10 N–H and O–H groups in total. The quantitative estimate of drug-likeness (QED) is 0.00580. The Labute approximate surface area is 497 Å². The summed E-state index contributed by atoms with van der Waals surface area (Å²) in [4.78, 5) is 6.40. The van der Waals surface area contributed by atoms with Crippen molar-refractivity contribution in [2.45, 2.75) is 36.3 Å². The van der Waals surface area contributed by atoms with Gasteiger partial charge in [-0.3, -0.25) is 31.4 Å². The van der Waals surface area contributed by atoms with Crippen molar-refractivity contribution in [3.05, 3.63) is 72.8 Å². The van der Waals surface area contributed by atoms with E-state index in [4.69, 9.17) is 19.3 Å². The molecule has 0 aliphatic rings. The maximum Gasteiger partial charge on any atom is 0.397 e. The molecule has 0 bridgehead atoms. The number of phenols is 3. The van der Waals surface area contributed by atoms with Crippen LogP contribution in [0.4, 0.5) is 51.2 Å². The molecule has 5 aromatic rings. The second kappa shape index (κ2) is 29.5. The van der Waals surface area contributed by atoms with Crippen LogP contribution in [0, 0.1) is 0 Å². The Morgan fingerprint density at radius 1 is 0.460 bits per heavy atom. The second-order valence-corrected chi connectivity index (χ2v) is 28.5. The van der Waals surface area contributed by atoms with Gasteiger partial charge in [0.05, 0.1) is 63.1 Å². The summed E-state index contributed by atoms with van der Waals surface area (Å²) in [5, 5.41) is 88.7. The summed E-state index contributed by atoms with van der Waals surface area (Å²) in [5.41, 5.74) is -8.35. The minimum absolute atomic E-state index is 0.0107. The van der Waals surface area contributed by atoms with Gasteiger partial charge in [0.2, 0.25) is 5.91 Å². The average molecular weight is 1400 g/mol. The number of nitrogens with one attached hydrogen (secondary N) is 1. The molecule has 0 radical (unpaired) electrons. The molecular formula is C38H37N9O31S9. The Morgan fingerprint density at radius 2 is 0.828 bits per heavy atom. The monoisotopic (exact) mass is 1400 g/mol. The maximum atomic E-state index is 13.0. The predicted octanol–water partition coefficient (Wildman–Crippen LogP) is 6.31. The molecule has 87 heavy (non-hydrogen) atoms. The molecule has 0 aliphatic heterocycles. The highest BCUT2D eigenvalue weighted by atomic mass is 32.3. The van der Waals surface area contributed by atoms with E-state index in [2.05, 4.69) is 73.3 Å². The summed E-state index contributed by atoms with van der Waals surface area (Å²) in [7, 11) is -35.0. The lowest BCUT2D eigenvalue weighted by molar-refractivity contribution is -0.434. The first-order chi connectivity index (χ1) is 40.4. The zero-order chi connectivity index (χ0) is 64.9. The minimum Gasteiger partial charge on any atom is -0.504 e. The number of anilines is 1. The maximum absolute atomic E-state index is 13.0. The lowest BCUT2D eigenvalue weighted by Crippen LogP contribution is -2.16. The van der Waals surface area contributed by atoms with Gasteiger partial charge in [0, 0.05) is 6.92 Å². The summed E-state index contributed by atoms with van der Waals surface area (Å²) < 4.78 is 236. The molecule has 0 atom stereocenters. The standard InChI is InChI=1S/C38H37N9O31S9/c1-20(48)39-27-18-29(32(86(66,67)68)19-28(27)43-40-21-2-4-22(5-3-21)81(54,55)13-10-72-79-77-75-52)44-47-35-37(50)33(45-41-25-8-6-23(16-30(25)84(60,61)62)82(56,57)14-11-73-80-78-76-53)36(49)34(38(35)51)46-42-26-9-7-24(17-31(26)85(63,64)65)83(58,59)15-12-74-87(69,70)71/h2-9,16-19,49-53H,10-15H2,1H3,(H,39,48)(H,60,61,62)(H,63,64,65)(H,66,67,68)(H,69,70,71)/b43-40+,45-41+,46-42+,47-44+. The van der Waals surface area contributed by atoms with E-state index in [9.17, 15) is 92.7 Å². The molecule has 0 saturated carbocycles. The normalized spacial score (nSPS) is 13.2. The van der Waals surface area contributed by atoms with Crippen LogP contribution in [0.15, 0.2) is 143 Å². The summed E-state index contributed by atoms with van der Waals surface area (Å²) in [5.74, 6) is -8.37. The minimum atomic E-state index is -5.58. The number of nitrogens with zero attached hydrogens (tertiary/aromatic N) is 8. The Bertz CT molecular complexity index is 4380. The Balaban J connectivity index is 1.71. The van der Waals surface area contributed by atoms with E-state index in [-0.39, 0.29) is 41.3 Å². The van der Waals surface area contributed by atoms with Gasteiger partial charge in [-0.25, -0.2) is 40.0 Å². The summed E-state index contributed by atoms with van der Waals surface area (Å²) in [6.07, 6.45) is 0. The molecule has 0 fully saturated rings. The fourth-order valence-electron chi connectivity index (χ4n) is 6.29. The van der Waals surface area contributed by atoms with Crippen LogP contribution in [-0.4, -0.2) is 146 Å². The van der Waals surface area contributed by atoms with Crippen LogP contribution in [0.5, 0.6) is 17.2 Å². The van der Waals surface area contributed by atoms with Gasteiger partial charge in [0.1, 0.15) is 37.4 Å². The summed E-state index contributed by atoms with van der Waals surface area (Å²) >= 11 is 0.119. The van der Waals surface area contributed by atoms with Crippen molar-refractivity contribution in [3.8, 4) is 17.2 Å². The van der Waals surface area contributed by atoms with Crippen molar-refractivity contribution in [3.63, 3.8) is 0 Å². The number of rotatable bonds is 31. The molecule has 0 spiro atoms. The third-order valence-corrected chi connectivity index (χ3v) is 19.0. The number of carbonyl (C=O) groups is 1. The Morgan fingerprint density at radius 3 is 1.22 bits per heavy atom. The van der Waals surface area contributed by atoms with Gasteiger partial charge in [0.15, 0.2) is 88.5 Å². The third-order valence-electron chi connectivity index (χ3n) is 10.1. The molecule has 49 heteroatoms. The molecule has 0 heterocycles. The van der Waals surface area contributed by atoms with Crippen molar-refractivity contribution in [1.29, 1.82) is 0 Å². The second-order valence-electron chi connectivity index (χ2n) is 15.9. The van der Waals surface area contributed by atoms with Crippen molar-refractivity contribution in [1.82, 2.24) is 0 Å². The van der Waals surface area contributed by atoms with Crippen LogP contribution >= 0.6 is 24.6 Å². The lowest BCUT2D eigenvalue weighted by Gasteiger charge is -2.12. The molecule has 1 amide bonds. The van der Waals surface area contributed by atoms with E-state index in [1.54, 1.807) is 0 Å². The first-order valence-electron chi connectivity index (χ1n) is 22.0. The Hall–Kier alpha value is -6.80. The van der Waals surface area contributed by atoms with Crippen LogP contribution in [0.2, 0.25) is 0 Å². The predicted molar refractivity (Wildman–Crippen MR) is 288 cm³/mol. The number of benzene rings is 5. The highest BCUT2D eigenvalue weighted by Crippen LogP contribution is 2.57. The fourth-order valence-corrected chi connectivity index (χ4v) is 12.7. The SMILES string of the molecule is CC(=O)Nc1cc(/N=N/c2c(O)c(/N=N/c3ccc(S(=O)(=O)CCOSOOO)cc3S(=O)(=O)O)c(O)c(/N=N/c3ccc(S(=O)(=O)CCOS(=O)(=O)O)cc3S(=O)(=O)O)c2O)c(S(=O)(=O)O)cc1/N=N/c1ccc(S(=O)(=O)CCOSOOO)cc1. The average Bonchev–Trinajstić information content (AvgIpc) is 2.66. The number of phenolic OH excluding ortho intramolecular Hbond substituents is 3. The molecule has 5 aromatic carbocycles. The first-order valence-corrected chi connectivity index (χ1v) is 33.9. The van der Waals surface area contributed by atoms with Crippen molar-refractivity contribution in [2.75, 3.05) is 42.4 Å². The van der Waals surface area contributed by atoms with Crippen LogP contribution in [0.1, 0.15) is 6.92 Å². The zero-order valence-electron chi connectivity index (χ0n) is 42.4. The molecule has 0 aliphatic carbocycles. The number of sulfone groups is 3. The highest BCUT2D eigenvalue weighted by Gasteiger charge is 2.29. The van der Waals surface area contributed by atoms with E-state index in [0.717, 1.165) is 31.2 Å². The molecule has 0 unspecified atom stereocenters. The van der Waals surface area contributed by atoms with Crippen LogP contribution in [-0.2, 0) is 106 Å². The van der Waals surface area contributed by atoms with Crippen LogP contribution in [0.3, 0.4) is 0 Å². The van der Waals surface area contributed by atoms with E-state index in [1.165, 1.54) is 0 Å². The van der Waals surface area contributed by atoms with Crippen LogP contribution in [0.25, 0.3) is 0 Å². The van der Waals surface area contributed by atoms with Gasteiger partial charge in [-0.1, -0.05) is 10.1 Å². The number of azo groups is 4. The third kappa shape index (κ3) is 20.1. The Kier molecular flexibility index (Phi) is 24.0. The number of carbonyl (C=O) groups excluding carboxylic acids is 1. The van der Waals surface area contributed by atoms with Crippen molar-refractivity contribution in [2.24, 2.45) is 40.9 Å². The molecule has 40 nitrogen and oxygen atoms in total. The van der Waals surface area contributed by atoms with E-state index >= 15 is 0 Å². The fraction of sp³-hybridized carbons (Fsp3) is 0.184. The van der Waals surface area contributed by atoms with Gasteiger partial charge in [-0.05, 0) is 72.8 Å². The van der Waals surface area contributed by atoms with Gasteiger partial charge < -0.3 is 20.6 Å². The number of amides is 1. The lowest BCUT2D eigenvalue weighted by atomic mass is 10.2. The molecule has 0 aromatic heterocycles. The van der Waals surface area contributed by atoms with Crippen molar-refractivity contribution < 1.29 is 139 Å². The number of hydrogen-bond donors (Lipinski definition) is 10. The largest absolute Gasteiger partial charge is 0.504 e. The number of aromatic hydroxyl groups is 3. The zero-order valence-corrected chi connectivity index (χ0v) is 49.8. The summed E-state index contributed by atoms with van der Waals surface area (Å²) in [6.45, 7) is -1.36. The van der Waals surface area contributed by atoms with Crippen LogP contribution < -0.4 is 5.32 Å². The summed E-state index contributed by atoms with van der Waals surface area (Å²) in [6, 6.07) is 8.76. The van der Waals surface area contributed by atoms with Gasteiger partial charge in [-0.2, -0.15) is 38.8 Å². The van der Waals surface area contributed by atoms with Gasteiger partial charge >= 0.3 is 10.4 Å². The highest BCUT2D eigenvalue weighted by molar-refractivity contribution is 7.92. The number of hydrogen-bond acceptors (Lipinski definition) is 37. The molecule has 474 valence electrons. The van der Waals surface area contributed by atoms with E-state index in [1.807, 2.05) is 0 Å². The van der Waals surface area contributed by atoms with Crippen molar-refractivity contribution >= 4 is 152 Å².